The Morgan fingerprint density at radius 2 is 1.71 bits per heavy atom. The van der Waals surface area contributed by atoms with E-state index in [-0.39, 0.29) is 25.4 Å². The molecule has 0 aliphatic carbocycles. The first-order valence-corrected chi connectivity index (χ1v) is 10.5. The topological polar surface area (TPSA) is 105 Å². The predicted octanol–water partition coefficient (Wildman–Crippen LogP) is 3.94. The molecule has 1 atom stereocenters. The molecule has 0 aliphatic rings. The molecule has 2 rings (SSSR count). The van der Waals surface area contributed by atoms with E-state index >= 15 is 0 Å². The lowest BCUT2D eigenvalue weighted by atomic mass is 10.1. The quantitative estimate of drug-likeness (QED) is 0.428. The molecule has 0 radical (unpaired) electrons. The van der Waals surface area contributed by atoms with Crippen LogP contribution in [0.4, 0.5) is 4.79 Å². The van der Waals surface area contributed by atoms with Gasteiger partial charge in [0.1, 0.15) is 12.6 Å². The number of unbranched alkanes of at least 4 members (excludes halogenated alkanes) is 2. The number of alkyl carbamates (subject to hydrolysis) is 1. The number of ether oxygens (including phenoxy) is 1. The highest BCUT2D eigenvalue weighted by molar-refractivity contribution is 6.30. The van der Waals surface area contributed by atoms with Crippen LogP contribution in [0.15, 0.2) is 54.6 Å². The van der Waals surface area contributed by atoms with Gasteiger partial charge in [-0.05, 0) is 36.1 Å². The van der Waals surface area contributed by atoms with Crippen LogP contribution in [0, 0.1) is 0 Å². The standard InChI is InChI=1S/C23H27ClN2O5/c24-19-11-7-10-18(14-19)15-20(22(28)29)26-21(27)12-5-2-6-13-25-23(30)31-16-17-8-3-1-4-9-17/h1,3-4,7-11,14,20H,2,5-6,12-13,15-16H2,(H,25,30)(H,26,27)(H,28,29)/t20-/m1/s1. The summed E-state index contributed by atoms with van der Waals surface area (Å²) in [6.07, 6.45) is 1.91. The van der Waals surface area contributed by atoms with E-state index in [2.05, 4.69) is 10.6 Å². The Bertz CT molecular complexity index is 860. The van der Waals surface area contributed by atoms with Crippen molar-refractivity contribution in [3.8, 4) is 0 Å². The fourth-order valence-electron chi connectivity index (χ4n) is 2.92. The van der Waals surface area contributed by atoms with Crippen molar-refractivity contribution in [1.82, 2.24) is 10.6 Å². The number of carboxylic acids is 1. The number of amides is 2. The Labute approximate surface area is 186 Å². The van der Waals surface area contributed by atoms with E-state index < -0.39 is 18.1 Å². The highest BCUT2D eigenvalue weighted by Gasteiger charge is 2.20. The maximum Gasteiger partial charge on any atom is 0.407 e. The minimum absolute atomic E-state index is 0.163. The second-order valence-electron chi connectivity index (χ2n) is 7.09. The maximum absolute atomic E-state index is 12.1. The van der Waals surface area contributed by atoms with Crippen molar-refractivity contribution in [3.05, 3.63) is 70.7 Å². The average molecular weight is 447 g/mol. The van der Waals surface area contributed by atoms with Crippen LogP contribution in [0.5, 0.6) is 0 Å². The molecule has 2 amide bonds. The van der Waals surface area contributed by atoms with Gasteiger partial charge in [0.25, 0.3) is 0 Å². The van der Waals surface area contributed by atoms with Crippen LogP contribution in [0.3, 0.4) is 0 Å². The fourth-order valence-corrected chi connectivity index (χ4v) is 3.13. The minimum Gasteiger partial charge on any atom is -0.480 e. The molecule has 2 aromatic rings. The number of carboxylic acid groups (broad SMARTS) is 1. The van der Waals surface area contributed by atoms with Gasteiger partial charge in [0.05, 0.1) is 0 Å². The molecule has 31 heavy (non-hydrogen) atoms. The van der Waals surface area contributed by atoms with Gasteiger partial charge in [0.15, 0.2) is 0 Å². The third-order valence-corrected chi connectivity index (χ3v) is 4.76. The molecule has 0 fully saturated rings. The molecule has 0 aromatic heterocycles. The lowest BCUT2D eigenvalue weighted by molar-refractivity contribution is -0.141. The van der Waals surface area contributed by atoms with Crippen molar-refractivity contribution in [2.45, 2.75) is 44.8 Å². The monoisotopic (exact) mass is 446 g/mol. The van der Waals surface area contributed by atoms with Crippen LogP contribution in [-0.4, -0.2) is 35.7 Å². The number of nitrogens with one attached hydrogen (secondary N) is 2. The molecule has 3 N–H and O–H groups in total. The summed E-state index contributed by atoms with van der Waals surface area (Å²) in [4.78, 5) is 35.2. The van der Waals surface area contributed by atoms with Gasteiger partial charge in [-0.3, -0.25) is 4.79 Å². The normalized spacial score (nSPS) is 11.4. The largest absolute Gasteiger partial charge is 0.480 e. The van der Waals surface area contributed by atoms with Gasteiger partial charge >= 0.3 is 12.1 Å². The zero-order valence-electron chi connectivity index (χ0n) is 17.2. The molecule has 0 heterocycles. The highest BCUT2D eigenvalue weighted by atomic mass is 35.5. The average Bonchev–Trinajstić information content (AvgIpc) is 2.75. The van der Waals surface area contributed by atoms with Crippen LogP contribution in [0.2, 0.25) is 5.02 Å². The van der Waals surface area contributed by atoms with Gasteiger partial charge in [0.2, 0.25) is 5.91 Å². The number of carbonyl (C=O) groups is 3. The van der Waals surface area contributed by atoms with Gasteiger partial charge in [-0.25, -0.2) is 9.59 Å². The number of aliphatic carboxylic acids is 1. The number of carbonyl (C=O) groups excluding carboxylic acids is 2. The first-order valence-electron chi connectivity index (χ1n) is 10.1. The maximum atomic E-state index is 12.1. The summed E-state index contributed by atoms with van der Waals surface area (Å²) in [6, 6.07) is 15.3. The minimum atomic E-state index is -1.09. The number of hydrogen-bond donors (Lipinski definition) is 3. The first kappa shape index (κ1) is 24.2. The molecule has 166 valence electrons. The van der Waals surface area contributed by atoms with E-state index in [4.69, 9.17) is 16.3 Å². The van der Waals surface area contributed by atoms with Crippen LogP contribution in [0.1, 0.15) is 36.8 Å². The van der Waals surface area contributed by atoms with Crippen LogP contribution in [0.25, 0.3) is 0 Å². The molecular weight excluding hydrogens is 420 g/mol. The van der Waals surface area contributed by atoms with Gasteiger partial charge < -0.3 is 20.5 Å². The third-order valence-electron chi connectivity index (χ3n) is 4.52. The lowest BCUT2D eigenvalue weighted by Gasteiger charge is -2.15. The Balaban J connectivity index is 1.58. The molecular formula is C23H27ClN2O5. The van der Waals surface area contributed by atoms with Crippen molar-refractivity contribution in [3.63, 3.8) is 0 Å². The lowest BCUT2D eigenvalue weighted by Crippen LogP contribution is -2.42. The van der Waals surface area contributed by atoms with E-state index in [1.165, 1.54) is 0 Å². The van der Waals surface area contributed by atoms with Gasteiger partial charge in [-0.1, -0.05) is 60.5 Å². The molecule has 0 saturated carbocycles. The van der Waals surface area contributed by atoms with Crippen molar-refractivity contribution >= 4 is 29.6 Å². The number of halogens is 1. The first-order chi connectivity index (χ1) is 14.9. The molecule has 0 aliphatic heterocycles. The molecule has 7 nitrogen and oxygen atoms in total. The van der Waals surface area contributed by atoms with Gasteiger partial charge in [0, 0.05) is 24.4 Å². The van der Waals surface area contributed by atoms with Crippen LogP contribution >= 0.6 is 11.6 Å². The molecule has 0 spiro atoms. The molecule has 8 heteroatoms. The Kier molecular flexibility index (Phi) is 10.4. The Hall–Kier alpha value is -3.06. The van der Waals surface area contributed by atoms with Gasteiger partial charge in [-0.15, -0.1) is 0 Å². The van der Waals surface area contributed by atoms with Crippen molar-refractivity contribution in [2.24, 2.45) is 0 Å². The van der Waals surface area contributed by atoms with E-state index in [1.807, 2.05) is 30.3 Å². The third kappa shape index (κ3) is 10.00. The second-order valence-corrected chi connectivity index (χ2v) is 7.53. The van der Waals surface area contributed by atoms with Crippen molar-refractivity contribution < 1.29 is 24.2 Å². The zero-order chi connectivity index (χ0) is 22.5. The fraction of sp³-hybridized carbons (Fsp3) is 0.348. The summed E-state index contributed by atoms with van der Waals surface area (Å²) < 4.78 is 5.12. The molecule has 0 unspecified atom stereocenters. The molecule has 0 saturated heterocycles. The van der Waals surface area contributed by atoms with E-state index in [0.717, 1.165) is 17.5 Å². The summed E-state index contributed by atoms with van der Waals surface area (Å²) in [6.45, 7) is 0.661. The van der Waals surface area contributed by atoms with Crippen LogP contribution in [-0.2, 0) is 27.4 Å². The van der Waals surface area contributed by atoms with E-state index in [1.54, 1.807) is 24.3 Å². The van der Waals surface area contributed by atoms with E-state index in [0.29, 0.717) is 24.4 Å². The van der Waals surface area contributed by atoms with E-state index in [9.17, 15) is 19.5 Å². The Morgan fingerprint density at radius 3 is 2.42 bits per heavy atom. The molecule has 2 aromatic carbocycles. The summed E-state index contributed by atoms with van der Waals surface area (Å²) >= 11 is 5.92. The zero-order valence-corrected chi connectivity index (χ0v) is 17.9. The molecule has 0 bridgehead atoms. The number of rotatable bonds is 12. The summed E-state index contributed by atoms with van der Waals surface area (Å²) in [5, 5.41) is 15.1. The summed E-state index contributed by atoms with van der Waals surface area (Å²) in [7, 11) is 0. The summed E-state index contributed by atoms with van der Waals surface area (Å²) in [5.41, 5.74) is 1.66. The number of benzene rings is 2. The number of hydrogen-bond acceptors (Lipinski definition) is 4. The SMILES string of the molecule is O=C(CCCCCNC(=O)OCc1ccccc1)N[C@H](Cc1cccc(Cl)c1)C(=O)O. The smallest absolute Gasteiger partial charge is 0.407 e. The predicted molar refractivity (Wildman–Crippen MR) is 118 cm³/mol. The van der Waals surface area contributed by atoms with Crippen molar-refractivity contribution in [2.75, 3.05) is 6.54 Å². The van der Waals surface area contributed by atoms with Crippen LogP contribution < -0.4 is 10.6 Å². The second kappa shape index (κ2) is 13.3. The Morgan fingerprint density at radius 1 is 0.968 bits per heavy atom. The highest BCUT2D eigenvalue weighted by Crippen LogP contribution is 2.12. The summed E-state index contributed by atoms with van der Waals surface area (Å²) in [5.74, 6) is -1.41. The van der Waals surface area contributed by atoms with Gasteiger partial charge in [-0.2, -0.15) is 0 Å². The van der Waals surface area contributed by atoms with Crippen molar-refractivity contribution in [1.29, 1.82) is 0 Å².